The van der Waals surface area contributed by atoms with E-state index in [-0.39, 0.29) is 0 Å². The third kappa shape index (κ3) is 3.47. The Labute approximate surface area is 164 Å². The highest BCUT2D eigenvalue weighted by atomic mass is 19.1. The van der Waals surface area contributed by atoms with E-state index in [2.05, 4.69) is 25.9 Å². The molecule has 0 saturated heterocycles. The number of aromatic nitrogens is 4. The van der Waals surface area contributed by atoms with Gasteiger partial charge in [0.05, 0.1) is 0 Å². The second kappa shape index (κ2) is 7.59. The van der Waals surface area contributed by atoms with Crippen molar-refractivity contribution in [3.05, 3.63) is 83.4 Å². The average Bonchev–Trinajstić information content (AvgIpc) is 3.24. The zero-order valence-corrected chi connectivity index (χ0v) is 15.3. The van der Waals surface area contributed by atoms with Gasteiger partial charge in [-0.25, -0.2) is 8.78 Å². The lowest BCUT2D eigenvalue weighted by atomic mass is 9.94. The minimum absolute atomic E-state index is 0.342. The quantitative estimate of drug-likeness (QED) is 0.541. The first-order valence-corrected chi connectivity index (χ1v) is 8.74. The molecule has 0 saturated carbocycles. The molecular weight excluding hydrogens is 376 g/mol. The van der Waals surface area contributed by atoms with Crippen LogP contribution in [0.4, 0.5) is 14.5 Å². The van der Waals surface area contributed by atoms with Gasteiger partial charge in [0.15, 0.2) is 0 Å². The largest absolute Gasteiger partial charge is 0.322 e. The molecule has 0 aliphatic carbocycles. The van der Waals surface area contributed by atoms with Crippen LogP contribution < -0.4 is 5.32 Å². The van der Waals surface area contributed by atoms with Crippen LogP contribution in [0.5, 0.6) is 0 Å². The lowest BCUT2D eigenvalue weighted by molar-refractivity contribution is 0.101. The van der Waals surface area contributed by atoms with E-state index >= 15 is 0 Å². The molecule has 0 fully saturated rings. The second-order valence-electron chi connectivity index (χ2n) is 6.31. The van der Waals surface area contributed by atoms with Crippen LogP contribution in [0.25, 0.3) is 22.5 Å². The Bertz CT molecular complexity index is 1160. The number of benzene rings is 3. The Morgan fingerprint density at radius 3 is 2.34 bits per heavy atom. The van der Waals surface area contributed by atoms with E-state index in [1.165, 1.54) is 6.07 Å². The summed E-state index contributed by atoms with van der Waals surface area (Å²) in [4.78, 5) is 12.5. The monoisotopic (exact) mass is 391 g/mol. The summed E-state index contributed by atoms with van der Waals surface area (Å²) < 4.78 is 27.9. The number of anilines is 1. The van der Waals surface area contributed by atoms with Crippen molar-refractivity contribution >= 4 is 11.6 Å². The first kappa shape index (κ1) is 18.4. The van der Waals surface area contributed by atoms with Crippen LogP contribution >= 0.6 is 0 Å². The minimum Gasteiger partial charge on any atom is -0.322 e. The molecule has 0 atom stereocenters. The molecule has 4 aromatic rings. The Balaban J connectivity index is 1.80. The first-order chi connectivity index (χ1) is 14.1. The fraction of sp³-hybridized carbons (Fsp3) is 0.0476. The zero-order valence-electron chi connectivity index (χ0n) is 15.3. The maximum absolute atomic E-state index is 14.0. The molecule has 144 valence electrons. The molecule has 29 heavy (non-hydrogen) atoms. The number of nitrogens with zero attached hydrogens (tertiary/aromatic N) is 3. The number of hydrogen-bond donors (Lipinski definition) is 2. The van der Waals surface area contributed by atoms with E-state index in [4.69, 9.17) is 0 Å². The molecule has 2 N–H and O–H groups in total. The van der Waals surface area contributed by atoms with Gasteiger partial charge in [-0.05, 0) is 47.0 Å². The molecule has 0 bridgehead atoms. The SMILES string of the molecule is Cc1c(NC(=O)c2c(F)cccc2F)ccc(-c2ccccc2)c1-c1nn[nH]n1. The minimum atomic E-state index is -0.931. The zero-order chi connectivity index (χ0) is 20.4. The van der Waals surface area contributed by atoms with Gasteiger partial charge in [0.1, 0.15) is 17.2 Å². The van der Waals surface area contributed by atoms with E-state index in [0.29, 0.717) is 22.6 Å². The molecule has 3 aromatic carbocycles. The smallest absolute Gasteiger partial charge is 0.261 e. The van der Waals surface area contributed by atoms with Gasteiger partial charge in [0.25, 0.3) is 5.91 Å². The number of aromatic amines is 1. The Morgan fingerprint density at radius 2 is 1.69 bits per heavy atom. The van der Waals surface area contributed by atoms with Crippen LogP contribution in [-0.4, -0.2) is 26.5 Å². The van der Waals surface area contributed by atoms with Gasteiger partial charge in [0.2, 0.25) is 5.82 Å². The summed E-state index contributed by atoms with van der Waals surface area (Å²) in [5.41, 5.74) is 2.79. The molecule has 4 rings (SSSR count). The van der Waals surface area contributed by atoms with Gasteiger partial charge in [-0.3, -0.25) is 4.79 Å². The molecule has 0 radical (unpaired) electrons. The van der Waals surface area contributed by atoms with Gasteiger partial charge in [0, 0.05) is 11.3 Å². The number of tetrazole rings is 1. The molecule has 0 spiro atoms. The lowest BCUT2D eigenvalue weighted by Gasteiger charge is -2.15. The van der Waals surface area contributed by atoms with Crippen molar-refractivity contribution < 1.29 is 13.6 Å². The van der Waals surface area contributed by atoms with E-state index in [9.17, 15) is 13.6 Å². The summed E-state index contributed by atoms with van der Waals surface area (Å²) in [6.07, 6.45) is 0. The molecule has 6 nitrogen and oxygen atoms in total. The van der Waals surface area contributed by atoms with Crippen molar-refractivity contribution in [2.45, 2.75) is 6.92 Å². The molecular formula is C21H15F2N5O. The molecule has 1 aromatic heterocycles. The van der Waals surface area contributed by atoms with Crippen molar-refractivity contribution in [1.82, 2.24) is 20.6 Å². The molecule has 0 aliphatic heterocycles. The maximum Gasteiger partial charge on any atom is 0.261 e. The van der Waals surface area contributed by atoms with Gasteiger partial charge < -0.3 is 5.32 Å². The normalized spacial score (nSPS) is 10.7. The molecule has 1 amide bonds. The van der Waals surface area contributed by atoms with E-state index in [0.717, 1.165) is 23.3 Å². The van der Waals surface area contributed by atoms with Crippen LogP contribution in [0.2, 0.25) is 0 Å². The summed E-state index contributed by atoms with van der Waals surface area (Å²) in [5.74, 6) is -2.40. The average molecular weight is 391 g/mol. The standard InChI is InChI=1S/C21H15F2N5O/c1-12-17(24-21(29)19-15(22)8-5-9-16(19)23)11-10-14(13-6-3-2-4-7-13)18(12)20-25-27-28-26-20/h2-11H,1H3,(H,24,29)(H,25,26,27,28). The summed E-state index contributed by atoms with van der Waals surface area (Å²) >= 11 is 0. The number of carbonyl (C=O) groups is 1. The topological polar surface area (TPSA) is 83.6 Å². The number of carbonyl (C=O) groups excluding carboxylic acids is 1. The van der Waals surface area contributed by atoms with Crippen molar-refractivity contribution in [2.24, 2.45) is 0 Å². The molecule has 8 heteroatoms. The third-order valence-electron chi connectivity index (χ3n) is 4.56. The first-order valence-electron chi connectivity index (χ1n) is 8.74. The molecule has 0 aliphatic rings. The van der Waals surface area contributed by atoms with Gasteiger partial charge in [-0.2, -0.15) is 5.21 Å². The van der Waals surface area contributed by atoms with Gasteiger partial charge in [-0.1, -0.05) is 42.5 Å². The Morgan fingerprint density at radius 1 is 0.966 bits per heavy atom. The predicted molar refractivity (Wildman–Crippen MR) is 104 cm³/mol. The molecule has 0 unspecified atom stereocenters. The van der Waals surface area contributed by atoms with Gasteiger partial charge in [-0.15, -0.1) is 10.2 Å². The van der Waals surface area contributed by atoms with Crippen LogP contribution in [0.3, 0.4) is 0 Å². The van der Waals surface area contributed by atoms with Crippen LogP contribution in [-0.2, 0) is 0 Å². The summed E-state index contributed by atoms with van der Waals surface area (Å²) in [6.45, 7) is 1.77. The Kier molecular flexibility index (Phi) is 4.82. The maximum atomic E-state index is 14.0. The fourth-order valence-corrected chi connectivity index (χ4v) is 3.16. The molecule has 1 heterocycles. The number of H-pyrrole nitrogens is 1. The fourth-order valence-electron chi connectivity index (χ4n) is 3.16. The van der Waals surface area contributed by atoms with E-state index in [1.54, 1.807) is 19.1 Å². The second-order valence-corrected chi connectivity index (χ2v) is 6.31. The summed E-state index contributed by atoms with van der Waals surface area (Å²) in [7, 11) is 0. The lowest BCUT2D eigenvalue weighted by Crippen LogP contribution is -2.16. The van der Waals surface area contributed by atoms with Crippen LogP contribution in [0, 0.1) is 18.6 Å². The van der Waals surface area contributed by atoms with E-state index < -0.39 is 23.1 Å². The van der Waals surface area contributed by atoms with Gasteiger partial charge >= 0.3 is 0 Å². The number of amides is 1. The van der Waals surface area contributed by atoms with Crippen LogP contribution in [0.1, 0.15) is 15.9 Å². The number of hydrogen-bond acceptors (Lipinski definition) is 4. The highest BCUT2D eigenvalue weighted by molar-refractivity contribution is 6.06. The third-order valence-corrected chi connectivity index (χ3v) is 4.56. The predicted octanol–water partition coefficient (Wildman–Crippen LogP) is 4.37. The number of nitrogens with one attached hydrogen (secondary N) is 2. The van der Waals surface area contributed by atoms with Crippen molar-refractivity contribution in [3.8, 4) is 22.5 Å². The Hall–Kier alpha value is -3.94. The van der Waals surface area contributed by atoms with Crippen molar-refractivity contribution in [3.63, 3.8) is 0 Å². The van der Waals surface area contributed by atoms with Crippen LogP contribution in [0.15, 0.2) is 60.7 Å². The van der Waals surface area contributed by atoms with Crippen molar-refractivity contribution in [1.29, 1.82) is 0 Å². The summed E-state index contributed by atoms with van der Waals surface area (Å²) in [5, 5.41) is 16.7. The number of halogens is 2. The van der Waals surface area contributed by atoms with Crippen molar-refractivity contribution in [2.75, 3.05) is 5.32 Å². The number of rotatable bonds is 4. The highest BCUT2D eigenvalue weighted by Gasteiger charge is 2.21. The summed E-state index contributed by atoms with van der Waals surface area (Å²) in [6, 6.07) is 16.3. The van der Waals surface area contributed by atoms with E-state index in [1.807, 2.05) is 30.3 Å². The highest BCUT2D eigenvalue weighted by Crippen LogP contribution is 2.36.